The number of anilines is 2. The fourth-order valence-electron chi connectivity index (χ4n) is 2.19. The van der Waals surface area contributed by atoms with Crippen LogP contribution < -0.4 is 11.5 Å². The van der Waals surface area contributed by atoms with Crippen molar-refractivity contribution < 1.29 is 0 Å². The van der Waals surface area contributed by atoms with Crippen LogP contribution in [0.1, 0.15) is 11.1 Å². The van der Waals surface area contributed by atoms with Crippen molar-refractivity contribution in [1.82, 2.24) is 0 Å². The Bertz CT molecular complexity index is 826. The Hall–Kier alpha value is -3.78. The maximum atomic E-state index is 5.66. The molecule has 0 unspecified atom stereocenters. The third-order valence-corrected chi connectivity index (χ3v) is 3.67. The van der Waals surface area contributed by atoms with Gasteiger partial charge in [0.15, 0.2) is 0 Å². The van der Waals surface area contributed by atoms with E-state index in [0.29, 0.717) is 0 Å². The summed E-state index contributed by atoms with van der Waals surface area (Å²) in [7, 11) is 0. The molecule has 0 saturated carbocycles. The quantitative estimate of drug-likeness (QED) is 0.422. The molecule has 0 fully saturated rings. The van der Waals surface area contributed by atoms with Crippen molar-refractivity contribution in [2.75, 3.05) is 11.5 Å². The normalized spacial score (nSPS) is 13.0. The lowest BCUT2D eigenvalue weighted by molar-refractivity contribution is 1.64. The first-order valence-corrected chi connectivity index (χ1v) is 9.13. The first-order valence-electron chi connectivity index (χ1n) is 9.13. The predicted molar refractivity (Wildman–Crippen MR) is 125 cm³/mol. The van der Waals surface area contributed by atoms with Gasteiger partial charge in [-0.05, 0) is 35.4 Å². The standard InChI is InChI=1S/C26H26N2/c27-25-19-15-23(16-20-25)13-11-9-7-5-3-1-2-4-6-8-10-12-14-24-17-21-26(28)22-18-24/h1-22H,27-28H2. The second-order valence-corrected chi connectivity index (χ2v) is 5.98. The lowest BCUT2D eigenvalue weighted by atomic mass is 10.2. The van der Waals surface area contributed by atoms with E-state index < -0.39 is 0 Å². The number of hydrogen-bond donors (Lipinski definition) is 2. The molecule has 0 aliphatic rings. The molecule has 2 aromatic carbocycles. The third-order valence-electron chi connectivity index (χ3n) is 3.67. The molecule has 4 N–H and O–H groups in total. The molecule has 2 rings (SSSR count). The van der Waals surface area contributed by atoms with Gasteiger partial charge in [-0.3, -0.25) is 0 Å². The summed E-state index contributed by atoms with van der Waals surface area (Å²) < 4.78 is 0. The third kappa shape index (κ3) is 9.07. The van der Waals surface area contributed by atoms with E-state index in [-0.39, 0.29) is 0 Å². The molecular formula is C26H26N2. The first kappa shape index (κ1) is 20.5. The molecule has 0 saturated heterocycles. The van der Waals surface area contributed by atoms with Crippen molar-refractivity contribution in [3.8, 4) is 0 Å². The van der Waals surface area contributed by atoms with Gasteiger partial charge in [0.05, 0.1) is 0 Å². The number of nitrogens with two attached hydrogens (primary N) is 2. The van der Waals surface area contributed by atoms with E-state index in [4.69, 9.17) is 11.5 Å². The highest BCUT2D eigenvalue weighted by atomic mass is 14.5. The van der Waals surface area contributed by atoms with Gasteiger partial charge in [0.2, 0.25) is 0 Å². The smallest absolute Gasteiger partial charge is 0.0314 e. The molecule has 0 aliphatic heterocycles. The zero-order valence-electron chi connectivity index (χ0n) is 15.9. The number of allylic oxidation sites excluding steroid dienone is 12. The highest BCUT2D eigenvalue weighted by Gasteiger charge is 1.85. The molecule has 0 aliphatic carbocycles. The van der Waals surface area contributed by atoms with Gasteiger partial charge < -0.3 is 11.5 Å². The van der Waals surface area contributed by atoms with E-state index in [1.807, 2.05) is 134 Å². The minimum Gasteiger partial charge on any atom is -0.399 e. The van der Waals surface area contributed by atoms with Crippen LogP contribution in [-0.2, 0) is 0 Å². The highest BCUT2D eigenvalue weighted by Crippen LogP contribution is 2.07. The largest absolute Gasteiger partial charge is 0.399 e. The van der Waals surface area contributed by atoms with Gasteiger partial charge >= 0.3 is 0 Å². The van der Waals surface area contributed by atoms with Gasteiger partial charge in [0, 0.05) is 11.4 Å². The van der Waals surface area contributed by atoms with Crippen LogP contribution >= 0.6 is 0 Å². The van der Waals surface area contributed by atoms with Crippen LogP contribution in [-0.4, -0.2) is 0 Å². The van der Waals surface area contributed by atoms with E-state index >= 15 is 0 Å². The molecule has 0 amide bonds. The summed E-state index contributed by atoms with van der Waals surface area (Å²) >= 11 is 0. The van der Waals surface area contributed by atoms with Crippen molar-refractivity contribution in [2.45, 2.75) is 0 Å². The Morgan fingerprint density at radius 2 is 0.607 bits per heavy atom. The van der Waals surface area contributed by atoms with Gasteiger partial charge in [-0.15, -0.1) is 0 Å². The molecule has 0 aromatic heterocycles. The molecule has 140 valence electrons. The van der Waals surface area contributed by atoms with Crippen molar-refractivity contribution in [3.05, 3.63) is 133 Å². The van der Waals surface area contributed by atoms with Crippen LogP contribution in [0.5, 0.6) is 0 Å². The monoisotopic (exact) mass is 366 g/mol. The van der Waals surface area contributed by atoms with E-state index in [1.165, 1.54) is 0 Å². The molecule has 0 bridgehead atoms. The highest BCUT2D eigenvalue weighted by molar-refractivity contribution is 5.55. The fourth-order valence-corrected chi connectivity index (χ4v) is 2.19. The lowest BCUT2D eigenvalue weighted by Gasteiger charge is -1.93. The van der Waals surface area contributed by atoms with E-state index in [1.54, 1.807) is 0 Å². The maximum absolute atomic E-state index is 5.66. The van der Waals surface area contributed by atoms with E-state index in [9.17, 15) is 0 Å². The SMILES string of the molecule is Nc1ccc(C=CC=CC=CC=CC=CC=CC=Cc2ccc(N)cc2)cc1. The summed E-state index contributed by atoms with van der Waals surface area (Å²) in [6.45, 7) is 0. The minimum atomic E-state index is 0.779. The summed E-state index contributed by atoms with van der Waals surface area (Å²) in [5, 5.41) is 0. The predicted octanol–water partition coefficient (Wildman–Crippen LogP) is 6.36. The van der Waals surface area contributed by atoms with Crippen molar-refractivity contribution >= 4 is 23.5 Å². The summed E-state index contributed by atoms with van der Waals surface area (Å²) in [5.74, 6) is 0. The Morgan fingerprint density at radius 1 is 0.357 bits per heavy atom. The van der Waals surface area contributed by atoms with Crippen LogP contribution in [0, 0.1) is 0 Å². The maximum Gasteiger partial charge on any atom is 0.0314 e. The van der Waals surface area contributed by atoms with Crippen LogP contribution in [0.25, 0.3) is 12.2 Å². The molecule has 2 aromatic rings. The summed E-state index contributed by atoms with van der Waals surface area (Å²) in [5.41, 5.74) is 15.1. The molecule has 0 atom stereocenters. The van der Waals surface area contributed by atoms with Crippen molar-refractivity contribution in [3.63, 3.8) is 0 Å². The van der Waals surface area contributed by atoms with Crippen LogP contribution in [0.2, 0.25) is 0 Å². The Kier molecular flexibility index (Phi) is 9.20. The molecule has 28 heavy (non-hydrogen) atoms. The average molecular weight is 367 g/mol. The Morgan fingerprint density at radius 3 is 0.893 bits per heavy atom. The molecular weight excluding hydrogens is 340 g/mol. The Balaban J connectivity index is 1.65. The van der Waals surface area contributed by atoms with Crippen LogP contribution in [0.3, 0.4) is 0 Å². The Labute approximate surface area is 167 Å². The molecule has 0 heterocycles. The molecule has 0 spiro atoms. The zero-order valence-corrected chi connectivity index (χ0v) is 15.9. The lowest BCUT2D eigenvalue weighted by Crippen LogP contribution is -1.82. The molecule has 2 heteroatoms. The van der Waals surface area contributed by atoms with Gasteiger partial charge in [-0.2, -0.15) is 0 Å². The number of hydrogen-bond acceptors (Lipinski definition) is 2. The zero-order chi connectivity index (χ0) is 19.9. The molecule has 0 radical (unpaired) electrons. The summed E-state index contributed by atoms with van der Waals surface area (Å²) in [6, 6.07) is 15.6. The van der Waals surface area contributed by atoms with Crippen LogP contribution in [0.15, 0.2) is 121 Å². The van der Waals surface area contributed by atoms with E-state index in [0.717, 1.165) is 22.5 Å². The van der Waals surface area contributed by atoms with Gasteiger partial charge in [-0.25, -0.2) is 0 Å². The summed E-state index contributed by atoms with van der Waals surface area (Å²) in [4.78, 5) is 0. The topological polar surface area (TPSA) is 52.0 Å². The van der Waals surface area contributed by atoms with Crippen molar-refractivity contribution in [2.24, 2.45) is 0 Å². The summed E-state index contributed by atoms with van der Waals surface area (Å²) in [6.07, 6.45) is 28.0. The second-order valence-electron chi connectivity index (χ2n) is 5.98. The number of rotatable bonds is 8. The number of benzene rings is 2. The van der Waals surface area contributed by atoms with E-state index in [2.05, 4.69) is 0 Å². The van der Waals surface area contributed by atoms with Gasteiger partial charge in [0.1, 0.15) is 0 Å². The fraction of sp³-hybridized carbons (Fsp3) is 0. The van der Waals surface area contributed by atoms with Gasteiger partial charge in [0.25, 0.3) is 0 Å². The molecule has 2 nitrogen and oxygen atoms in total. The van der Waals surface area contributed by atoms with Crippen molar-refractivity contribution in [1.29, 1.82) is 0 Å². The average Bonchev–Trinajstić information content (AvgIpc) is 2.71. The minimum absolute atomic E-state index is 0.779. The first-order chi connectivity index (χ1) is 13.7. The second kappa shape index (κ2) is 12.6. The number of nitrogen functional groups attached to an aromatic ring is 2. The van der Waals surface area contributed by atoms with Crippen LogP contribution in [0.4, 0.5) is 11.4 Å². The van der Waals surface area contributed by atoms with Gasteiger partial charge in [-0.1, -0.05) is 109 Å².